The molecule has 114 valence electrons. The molecule has 22 heavy (non-hydrogen) atoms. The Morgan fingerprint density at radius 3 is 2.41 bits per heavy atom. The van der Waals surface area contributed by atoms with E-state index in [9.17, 15) is 8.42 Å². The van der Waals surface area contributed by atoms with Gasteiger partial charge in [-0.1, -0.05) is 0 Å². The van der Waals surface area contributed by atoms with Crippen molar-refractivity contribution in [3.8, 4) is 0 Å². The van der Waals surface area contributed by atoms with Crippen molar-refractivity contribution in [3.05, 3.63) is 47.1 Å². The summed E-state index contributed by atoms with van der Waals surface area (Å²) >= 11 is 4.59. The van der Waals surface area contributed by atoms with Crippen LogP contribution in [0, 0.1) is 0 Å². The molecule has 4 nitrogen and oxygen atoms in total. The predicted octanol–water partition coefficient (Wildman–Crippen LogP) is 3.96. The highest BCUT2D eigenvalue weighted by Gasteiger charge is 2.25. The number of aromatic nitrogens is 1. The Morgan fingerprint density at radius 2 is 1.82 bits per heavy atom. The first-order chi connectivity index (χ1) is 10.4. The number of anilines is 1. The van der Waals surface area contributed by atoms with E-state index in [1.54, 1.807) is 36.5 Å². The number of halogens is 1. The number of sulfone groups is 1. The summed E-state index contributed by atoms with van der Waals surface area (Å²) in [6, 6.07) is 10.5. The lowest BCUT2D eigenvalue weighted by Gasteiger charge is -2.12. The Morgan fingerprint density at radius 1 is 1.14 bits per heavy atom. The molecule has 0 aliphatic heterocycles. The van der Waals surface area contributed by atoms with Crippen LogP contribution in [-0.4, -0.2) is 27.5 Å². The van der Waals surface area contributed by atoms with Crippen LogP contribution in [0.4, 0.5) is 5.69 Å². The number of fused-ring (bicyclic) bond motifs is 1. The van der Waals surface area contributed by atoms with E-state index >= 15 is 0 Å². The molecule has 0 unspecified atom stereocenters. The van der Waals surface area contributed by atoms with Gasteiger partial charge in [0.25, 0.3) is 0 Å². The summed E-state index contributed by atoms with van der Waals surface area (Å²) < 4.78 is 26.6. The number of hydrogen-bond acceptors (Lipinski definition) is 5. The van der Waals surface area contributed by atoms with Crippen molar-refractivity contribution in [1.82, 2.24) is 4.98 Å². The monoisotopic (exact) mass is 396 g/mol. The molecule has 0 aliphatic carbocycles. The van der Waals surface area contributed by atoms with Gasteiger partial charge in [-0.2, -0.15) is 0 Å². The summed E-state index contributed by atoms with van der Waals surface area (Å²) in [5.41, 5.74) is 0.955. The lowest BCUT2D eigenvalue weighted by atomic mass is 10.3. The van der Waals surface area contributed by atoms with Crippen LogP contribution in [0.1, 0.15) is 0 Å². The summed E-state index contributed by atoms with van der Waals surface area (Å²) in [5, 5.41) is 0.816. The highest BCUT2D eigenvalue weighted by atomic mass is 79.9. The average molecular weight is 397 g/mol. The fourth-order valence-electron chi connectivity index (χ4n) is 2.09. The number of nitrogens with zero attached hydrogens (tertiary/aromatic N) is 2. The fourth-order valence-corrected chi connectivity index (χ4v) is 6.21. The lowest BCUT2D eigenvalue weighted by Crippen LogP contribution is -2.08. The minimum Gasteiger partial charge on any atom is -0.378 e. The van der Waals surface area contributed by atoms with Crippen molar-refractivity contribution < 1.29 is 8.42 Å². The second-order valence-electron chi connectivity index (χ2n) is 4.95. The van der Waals surface area contributed by atoms with Gasteiger partial charge in [0.15, 0.2) is 0 Å². The van der Waals surface area contributed by atoms with Gasteiger partial charge in [0.05, 0.1) is 9.37 Å². The molecule has 2 heterocycles. The van der Waals surface area contributed by atoms with Crippen molar-refractivity contribution in [1.29, 1.82) is 0 Å². The fraction of sp³-hybridized carbons (Fsp3) is 0.133. The number of thiophene rings is 1. The molecule has 3 aromatic rings. The summed E-state index contributed by atoms with van der Waals surface area (Å²) in [6.45, 7) is 0. The minimum absolute atomic E-state index is 0.283. The number of hydrogen-bond donors (Lipinski definition) is 0. The van der Waals surface area contributed by atoms with Crippen molar-refractivity contribution in [2.75, 3.05) is 19.0 Å². The Kier molecular flexibility index (Phi) is 3.96. The first-order valence-corrected chi connectivity index (χ1v) is 9.56. The minimum atomic E-state index is -3.56. The molecule has 7 heteroatoms. The van der Waals surface area contributed by atoms with E-state index in [-0.39, 0.29) is 4.90 Å². The topological polar surface area (TPSA) is 50.3 Å². The van der Waals surface area contributed by atoms with Gasteiger partial charge in [0.2, 0.25) is 9.84 Å². The van der Waals surface area contributed by atoms with E-state index in [0.717, 1.165) is 11.1 Å². The van der Waals surface area contributed by atoms with Crippen LogP contribution in [0.15, 0.2) is 56.2 Å². The van der Waals surface area contributed by atoms with Gasteiger partial charge in [-0.3, -0.25) is 0 Å². The smallest absolute Gasteiger partial charge is 0.217 e. The molecule has 2 aromatic heterocycles. The summed E-state index contributed by atoms with van der Waals surface area (Å²) in [7, 11) is 0.268. The molecule has 0 amide bonds. The first-order valence-electron chi connectivity index (χ1n) is 6.47. The zero-order chi connectivity index (χ0) is 15.9. The van der Waals surface area contributed by atoms with Crippen LogP contribution in [0.2, 0.25) is 0 Å². The van der Waals surface area contributed by atoms with Crippen LogP contribution in [0.5, 0.6) is 0 Å². The second-order valence-corrected chi connectivity index (χ2v) is 8.89. The molecular formula is C15H13BrN2O2S2. The lowest BCUT2D eigenvalue weighted by molar-refractivity contribution is 0.598. The Balaban J connectivity index is 2.13. The van der Waals surface area contributed by atoms with E-state index in [1.165, 1.54) is 11.3 Å². The predicted molar refractivity (Wildman–Crippen MR) is 93.5 cm³/mol. The number of benzene rings is 1. The largest absolute Gasteiger partial charge is 0.378 e. The molecule has 0 saturated carbocycles. The van der Waals surface area contributed by atoms with Crippen molar-refractivity contribution in [2.45, 2.75) is 9.10 Å². The first kappa shape index (κ1) is 15.5. The number of pyridine rings is 1. The Labute approximate surface area is 141 Å². The van der Waals surface area contributed by atoms with Gasteiger partial charge >= 0.3 is 0 Å². The normalized spacial score (nSPS) is 11.8. The third-order valence-electron chi connectivity index (χ3n) is 3.28. The molecule has 0 spiro atoms. The highest BCUT2D eigenvalue weighted by molar-refractivity contribution is 9.10. The summed E-state index contributed by atoms with van der Waals surface area (Å²) in [6.07, 6.45) is 1.66. The maximum absolute atomic E-state index is 12.8. The third-order valence-corrected chi connectivity index (χ3v) is 8.03. The zero-order valence-electron chi connectivity index (χ0n) is 11.9. The highest BCUT2D eigenvalue weighted by Crippen LogP contribution is 2.40. The molecule has 0 saturated heterocycles. The molecule has 0 radical (unpaired) electrons. The summed E-state index contributed by atoms with van der Waals surface area (Å²) in [4.78, 5) is 7.14. The quantitative estimate of drug-likeness (QED) is 0.672. The maximum atomic E-state index is 12.8. The van der Waals surface area contributed by atoms with Crippen LogP contribution < -0.4 is 4.90 Å². The molecule has 3 rings (SSSR count). The second kappa shape index (κ2) is 5.64. The molecule has 0 atom stereocenters. The van der Waals surface area contributed by atoms with Crippen molar-refractivity contribution in [3.63, 3.8) is 0 Å². The standard InChI is InChI=1S/C15H13BrN2O2S2/c1-18(2)10-5-7-11(8-6-10)22(19,20)15-13(16)12-4-3-9-17-14(12)21-15/h3-9H,1-2H3. The van der Waals surface area contributed by atoms with E-state index in [2.05, 4.69) is 20.9 Å². The summed E-state index contributed by atoms with van der Waals surface area (Å²) in [5.74, 6) is 0. The molecular weight excluding hydrogens is 384 g/mol. The zero-order valence-corrected chi connectivity index (χ0v) is 15.2. The third kappa shape index (κ3) is 2.53. The molecule has 0 fully saturated rings. The van der Waals surface area contributed by atoms with Gasteiger partial charge in [0, 0.05) is 31.4 Å². The van der Waals surface area contributed by atoms with Gasteiger partial charge in [-0.15, -0.1) is 11.3 Å². The van der Waals surface area contributed by atoms with Crippen LogP contribution in [0.25, 0.3) is 10.2 Å². The van der Waals surface area contributed by atoms with Crippen molar-refractivity contribution in [2.24, 2.45) is 0 Å². The molecule has 0 bridgehead atoms. The van der Waals surface area contributed by atoms with Gasteiger partial charge in [-0.25, -0.2) is 13.4 Å². The van der Waals surface area contributed by atoms with Gasteiger partial charge < -0.3 is 4.90 Å². The average Bonchev–Trinajstić information content (AvgIpc) is 2.86. The van der Waals surface area contributed by atoms with E-state index in [4.69, 9.17) is 0 Å². The van der Waals surface area contributed by atoms with E-state index in [1.807, 2.05) is 25.1 Å². The SMILES string of the molecule is CN(C)c1ccc(S(=O)(=O)c2sc3ncccc3c2Br)cc1. The van der Waals surface area contributed by atoms with Crippen LogP contribution in [-0.2, 0) is 9.84 Å². The van der Waals surface area contributed by atoms with E-state index in [0.29, 0.717) is 13.5 Å². The van der Waals surface area contributed by atoms with Crippen LogP contribution >= 0.6 is 27.3 Å². The Hall–Kier alpha value is -1.44. The van der Waals surface area contributed by atoms with Crippen LogP contribution in [0.3, 0.4) is 0 Å². The molecule has 1 aromatic carbocycles. The van der Waals surface area contributed by atoms with Gasteiger partial charge in [-0.05, 0) is 52.3 Å². The molecule has 0 aliphatic rings. The van der Waals surface area contributed by atoms with Gasteiger partial charge in [0.1, 0.15) is 9.04 Å². The maximum Gasteiger partial charge on any atom is 0.217 e. The Bertz CT molecular complexity index is 932. The van der Waals surface area contributed by atoms with E-state index < -0.39 is 9.84 Å². The molecule has 0 N–H and O–H groups in total. The number of rotatable bonds is 3. The van der Waals surface area contributed by atoms with Crippen molar-refractivity contribution >= 4 is 53.0 Å².